The highest BCUT2D eigenvalue weighted by Gasteiger charge is 2.12. The van der Waals surface area contributed by atoms with Gasteiger partial charge in [0, 0.05) is 31.8 Å². The van der Waals surface area contributed by atoms with Gasteiger partial charge >= 0.3 is 0 Å². The van der Waals surface area contributed by atoms with Gasteiger partial charge in [0.05, 0.1) is 0 Å². The quantitative estimate of drug-likeness (QED) is 0.823. The summed E-state index contributed by atoms with van der Waals surface area (Å²) in [6.45, 7) is 2.73. The molecule has 0 saturated heterocycles. The number of rotatable bonds is 6. The average Bonchev–Trinajstić information content (AvgIpc) is 2.47. The lowest BCUT2D eigenvalue weighted by Crippen LogP contribution is -2.31. The highest BCUT2D eigenvalue weighted by molar-refractivity contribution is 6.31. The number of methoxy groups -OCH3 is 2. The Morgan fingerprint density at radius 3 is 2.55 bits per heavy atom. The molecule has 108 valence electrons. The van der Waals surface area contributed by atoms with Gasteiger partial charge in [-0.25, -0.2) is 0 Å². The van der Waals surface area contributed by atoms with Gasteiger partial charge in [-0.3, -0.25) is 0 Å². The van der Waals surface area contributed by atoms with Gasteiger partial charge in [0.15, 0.2) is 6.29 Å². The molecule has 1 unspecified atom stereocenters. The Bertz CT molecular complexity index is 569. The molecule has 2 aromatic rings. The first-order valence-electron chi connectivity index (χ1n) is 6.63. The van der Waals surface area contributed by atoms with Gasteiger partial charge in [-0.15, -0.1) is 0 Å². The molecular formula is C16H20ClNO2. The maximum absolute atomic E-state index is 6.21. The van der Waals surface area contributed by atoms with E-state index in [-0.39, 0.29) is 12.3 Å². The average molecular weight is 294 g/mol. The lowest BCUT2D eigenvalue weighted by Gasteiger charge is -2.20. The molecule has 2 rings (SSSR count). The number of nitrogens with one attached hydrogen (secondary N) is 1. The number of benzene rings is 2. The Morgan fingerprint density at radius 2 is 1.85 bits per heavy atom. The van der Waals surface area contributed by atoms with Gasteiger partial charge in [0.1, 0.15) is 0 Å². The van der Waals surface area contributed by atoms with Crippen LogP contribution in [0.4, 0.5) is 0 Å². The number of hydrogen-bond donors (Lipinski definition) is 1. The smallest absolute Gasteiger partial charge is 0.169 e. The van der Waals surface area contributed by atoms with Gasteiger partial charge in [-0.2, -0.15) is 0 Å². The van der Waals surface area contributed by atoms with Crippen molar-refractivity contribution in [2.75, 3.05) is 20.8 Å². The van der Waals surface area contributed by atoms with E-state index in [2.05, 4.69) is 24.4 Å². The predicted octanol–water partition coefficient (Wildman–Crippen LogP) is 3.76. The minimum atomic E-state index is -0.247. The monoisotopic (exact) mass is 293 g/mol. The van der Waals surface area contributed by atoms with Crippen molar-refractivity contribution in [1.29, 1.82) is 0 Å². The van der Waals surface area contributed by atoms with E-state index in [1.807, 2.05) is 24.3 Å². The van der Waals surface area contributed by atoms with E-state index < -0.39 is 0 Å². The lowest BCUT2D eigenvalue weighted by molar-refractivity contribution is -0.0997. The van der Waals surface area contributed by atoms with Gasteiger partial charge < -0.3 is 14.8 Å². The molecular weight excluding hydrogens is 274 g/mol. The Kier molecular flexibility index (Phi) is 5.38. The minimum Gasteiger partial charge on any atom is -0.355 e. The van der Waals surface area contributed by atoms with Gasteiger partial charge in [-0.1, -0.05) is 35.9 Å². The second kappa shape index (κ2) is 7.04. The van der Waals surface area contributed by atoms with E-state index in [9.17, 15) is 0 Å². The van der Waals surface area contributed by atoms with Crippen LogP contribution in [0.2, 0.25) is 5.02 Å². The van der Waals surface area contributed by atoms with Crippen LogP contribution < -0.4 is 5.32 Å². The molecule has 0 heterocycles. The third-order valence-corrected chi connectivity index (χ3v) is 3.66. The second-order valence-corrected chi connectivity index (χ2v) is 5.18. The Hall–Kier alpha value is -1.13. The van der Waals surface area contributed by atoms with Crippen molar-refractivity contribution in [1.82, 2.24) is 5.32 Å². The van der Waals surface area contributed by atoms with Crippen LogP contribution in [-0.2, 0) is 9.47 Å². The molecule has 0 aliphatic rings. The van der Waals surface area contributed by atoms with Crippen LogP contribution in [0.3, 0.4) is 0 Å². The van der Waals surface area contributed by atoms with Crippen molar-refractivity contribution in [3.05, 3.63) is 47.0 Å². The number of ether oxygens (including phenoxy) is 2. The molecule has 0 fully saturated rings. The van der Waals surface area contributed by atoms with E-state index in [1.165, 1.54) is 10.9 Å². The molecule has 0 aliphatic heterocycles. The van der Waals surface area contributed by atoms with Crippen LogP contribution in [0.15, 0.2) is 36.4 Å². The van der Waals surface area contributed by atoms with E-state index in [4.69, 9.17) is 21.1 Å². The first-order valence-corrected chi connectivity index (χ1v) is 7.00. The molecule has 0 amide bonds. The van der Waals surface area contributed by atoms with Gasteiger partial charge in [0.25, 0.3) is 0 Å². The summed E-state index contributed by atoms with van der Waals surface area (Å²) in [7, 11) is 3.27. The zero-order valence-electron chi connectivity index (χ0n) is 12.0. The first-order chi connectivity index (χ1) is 9.65. The van der Waals surface area contributed by atoms with Crippen LogP contribution in [0, 0.1) is 0 Å². The van der Waals surface area contributed by atoms with Crippen LogP contribution in [0.5, 0.6) is 0 Å². The summed E-state index contributed by atoms with van der Waals surface area (Å²) in [5.41, 5.74) is 1.18. The fraction of sp³-hybridized carbons (Fsp3) is 0.375. The zero-order chi connectivity index (χ0) is 14.5. The molecule has 0 bridgehead atoms. The summed E-state index contributed by atoms with van der Waals surface area (Å²) in [6.07, 6.45) is -0.247. The fourth-order valence-corrected chi connectivity index (χ4v) is 2.54. The molecule has 20 heavy (non-hydrogen) atoms. The predicted molar refractivity (Wildman–Crippen MR) is 83.2 cm³/mol. The summed E-state index contributed by atoms with van der Waals surface area (Å²) in [5, 5.41) is 6.53. The first kappa shape index (κ1) is 15.3. The van der Waals surface area contributed by atoms with Crippen molar-refractivity contribution in [3.63, 3.8) is 0 Å². The van der Waals surface area contributed by atoms with E-state index in [1.54, 1.807) is 14.2 Å². The molecule has 2 aromatic carbocycles. The van der Waals surface area contributed by atoms with Crippen molar-refractivity contribution in [3.8, 4) is 0 Å². The molecule has 0 aliphatic carbocycles. The van der Waals surface area contributed by atoms with Crippen molar-refractivity contribution < 1.29 is 9.47 Å². The van der Waals surface area contributed by atoms with Crippen LogP contribution in [0.1, 0.15) is 18.5 Å². The number of halogens is 1. The third kappa shape index (κ3) is 3.49. The summed E-state index contributed by atoms with van der Waals surface area (Å²) in [5.74, 6) is 0. The summed E-state index contributed by atoms with van der Waals surface area (Å²) in [6, 6.07) is 12.4. The fourth-order valence-electron chi connectivity index (χ4n) is 2.31. The Labute approximate surface area is 124 Å². The summed E-state index contributed by atoms with van der Waals surface area (Å²) in [4.78, 5) is 0. The van der Waals surface area contributed by atoms with Crippen molar-refractivity contribution >= 4 is 22.4 Å². The molecule has 1 atom stereocenters. The van der Waals surface area contributed by atoms with E-state index >= 15 is 0 Å². The topological polar surface area (TPSA) is 30.5 Å². The molecule has 3 nitrogen and oxygen atoms in total. The molecule has 4 heteroatoms. The van der Waals surface area contributed by atoms with E-state index in [0.717, 1.165) is 10.4 Å². The summed E-state index contributed by atoms with van der Waals surface area (Å²) < 4.78 is 10.4. The van der Waals surface area contributed by atoms with Gasteiger partial charge in [0.2, 0.25) is 0 Å². The van der Waals surface area contributed by atoms with Gasteiger partial charge in [-0.05, 0) is 35.4 Å². The highest BCUT2D eigenvalue weighted by atomic mass is 35.5. The molecule has 0 aromatic heterocycles. The van der Waals surface area contributed by atoms with E-state index in [0.29, 0.717) is 6.54 Å². The lowest BCUT2D eigenvalue weighted by atomic mass is 9.99. The zero-order valence-corrected chi connectivity index (χ0v) is 12.8. The maximum Gasteiger partial charge on any atom is 0.169 e. The number of fused-ring (bicyclic) bond motifs is 1. The van der Waals surface area contributed by atoms with Crippen molar-refractivity contribution in [2.45, 2.75) is 19.3 Å². The Morgan fingerprint density at radius 1 is 1.15 bits per heavy atom. The van der Waals surface area contributed by atoms with Crippen LogP contribution in [-0.4, -0.2) is 27.1 Å². The largest absolute Gasteiger partial charge is 0.355 e. The molecule has 0 spiro atoms. The number of hydrogen-bond acceptors (Lipinski definition) is 3. The molecule has 0 saturated carbocycles. The standard InChI is InChI=1S/C16H20ClNO2/c1-11(18-10-16(19-2)20-3)15-9-13(17)8-12-6-4-5-7-14(12)15/h4-9,11,16,18H,10H2,1-3H3. The third-order valence-electron chi connectivity index (χ3n) is 3.44. The second-order valence-electron chi connectivity index (χ2n) is 4.75. The SMILES string of the molecule is COC(CNC(C)c1cc(Cl)cc2ccccc12)OC. The maximum atomic E-state index is 6.21. The minimum absolute atomic E-state index is 0.159. The summed E-state index contributed by atoms with van der Waals surface area (Å²) >= 11 is 6.21. The normalized spacial score (nSPS) is 13.1. The molecule has 1 N–H and O–H groups in total. The Balaban J connectivity index is 2.23. The van der Waals surface area contributed by atoms with Crippen LogP contribution >= 0.6 is 11.6 Å². The van der Waals surface area contributed by atoms with Crippen molar-refractivity contribution in [2.24, 2.45) is 0 Å². The highest BCUT2D eigenvalue weighted by Crippen LogP contribution is 2.28. The molecule has 0 radical (unpaired) electrons. The van der Waals surface area contributed by atoms with Crippen LogP contribution in [0.25, 0.3) is 10.8 Å².